The molecule has 0 fully saturated rings. The molecule has 0 aromatic heterocycles. The van der Waals surface area contributed by atoms with Crippen LogP contribution in [0.3, 0.4) is 0 Å². The molecule has 0 aliphatic heterocycles. The van der Waals surface area contributed by atoms with Crippen molar-refractivity contribution < 1.29 is 0 Å². The second-order valence-electron chi connectivity index (χ2n) is 3.78. The summed E-state index contributed by atoms with van der Waals surface area (Å²) in [5.41, 5.74) is 0. The molecule has 0 aliphatic carbocycles. The Morgan fingerprint density at radius 2 is 2.00 bits per heavy atom. The molecule has 0 heterocycles. The van der Waals surface area contributed by atoms with E-state index in [2.05, 4.69) is 39.4 Å². The molecule has 1 heteroatoms. The first-order valence-corrected chi connectivity index (χ1v) is 4.90. The molecule has 0 rings (SSSR count). The molecule has 0 N–H and O–H groups in total. The molecule has 0 aliphatic rings. The van der Waals surface area contributed by atoms with E-state index in [0.29, 0.717) is 6.04 Å². The highest BCUT2D eigenvalue weighted by atomic mass is 15.1. The molecular weight excluding hydrogens is 146 g/mol. The maximum atomic E-state index is 3.76. The second-order valence-corrected chi connectivity index (χ2v) is 3.78. The summed E-state index contributed by atoms with van der Waals surface area (Å²) in [7, 11) is 4.33. The fraction of sp³-hybridized carbons (Fsp3) is 0.818. The van der Waals surface area contributed by atoms with Gasteiger partial charge in [0.25, 0.3) is 0 Å². The van der Waals surface area contributed by atoms with E-state index in [0.717, 1.165) is 12.3 Å². The smallest absolute Gasteiger partial charge is 0.0118 e. The van der Waals surface area contributed by atoms with Crippen molar-refractivity contribution in [1.82, 2.24) is 4.90 Å². The molecule has 0 aromatic carbocycles. The molecule has 0 amide bonds. The standard InChI is InChI=1S/C11H23N/c1-6-8-9-11(12(4)5)10(3)7-2/h6,10-11H,1,7-9H2,2-5H3. The third-order valence-electron chi connectivity index (χ3n) is 2.63. The van der Waals surface area contributed by atoms with Crippen molar-refractivity contribution in [1.29, 1.82) is 0 Å². The van der Waals surface area contributed by atoms with Gasteiger partial charge < -0.3 is 4.90 Å². The molecule has 0 saturated heterocycles. The van der Waals surface area contributed by atoms with Crippen LogP contribution in [0.15, 0.2) is 12.7 Å². The maximum Gasteiger partial charge on any atom is 0.0118 e. The highest BCUT2D eigenvalue weighted by Crippen LogP contribution is 2.17. The van der Waals surface area contributed by atoms with E-state index >= 15 is 0 Å². The van der Waals surface area contributed by atoms with E-state index in [1.54, 1.807) is 0 Å². The van der Waals surface area contributed by atoms with E-state index in [4.69, 9.17) is 0 Å². The lowest BCUT2D eigenvalue weighted by atomic mass is 9.94. The first-order valence-electron chi connectivity index (χ1n) is 4.90. The fourth-order valence-electron chi connectivity index (χ4n) is 1.61. The van der Waals surface area contributed by atoms with Crippen molar-refractivity contribution in [2.45, 2.75) is 39.2 Å². The SMILES string of the molecule is C=CCCC(C(C)CC)N(C)C. The van der Waals surface area contributed by atoms with Crippen LogP contribution in [-0.2, 0) is 0 Å². The average Bonchev–Trinajstić information content (AvgIpc) is 2.04. The van der Waals surface area contributed by atoms with Gasteiger partial charge in [-0.2, -0.15) is 0 Å². The van der Waals surface area contributed by atoms with Crippen molar-refractivity contribution in [3.8, 4) is 0 Å². The number of hydrogen-bond acceptors (Lipinski definition) is 1. The predicted octanol–water partition coefficient (Wildman–Crippen LogP) is 2.93. The first-order chi connectivity index (χ1) is 5.63. The Balaban J connectivity index is 3.93. The third-order valence-corrected chi connectivity index (χ3v) is 2.63. The maximum absolute atomic E-state index is 3.76. The van der Waals surface area contributed by atoms with Gasteiger partial charge >= 0.3 is 0 Å². The summed E-state index contributed by atoms with van der Waals surface area (Å²) in [6.07, 6.45) is 5.65. The van der Waals surface area contributed by atoms with Crippen LogP contribution >= 0.6 is 0 Å². The molecule has 0 radical (unpaired) electrons. The minimum absolute atomic E-state index is 0.716. The summed E-state index contributed by atoms with van der Waals surface area (Å²) < 4.78 is 0. The van der Waals surface area contributed by atoms with Gasteiger partial charge in [0.05, 0.1) is 0 Å². The van der Waals surface area contributed by atoms with E-state index in [-0.39, 0.29) is 0 Å². The molecule has 2 atom stereocenters. The molecule has 0 spiro atoms. The Labute approximate surface area is 77.5 Å². The molecule has 72 valence electrons. The van der Waals surface area contributed by atoms with Crippen molar-refractivity contribution in [3.05, 3.63) is 12.7 Å². The fourth-order valence-corrected chi connectivity index (χ4v) is 1.61. The zero-order valence-electron chi connectivity index (χ0n) is 9.01. The summed E-state index contributed by atoms with van der Waals surface area (Å²) in [5, 5.41) is 0. The monoisotopic (exact) mass is 169 g/mol. The molecule has 12 heavy (non-hydrogen) atoms. The highest BCUT2D eigenvalue weighted by Gasteiger charge is 2.16. The molecule has 2 unspecified atom stereocenters. The molecule has 0 saturated carbocycles. The van der Waals surface area contributed by atoms with Crippen LogP contribution in [0.2, 0.25) is 0 Å². The summed E-state index contributed by atoms with van der Waals surface area (Å²) >= 11 is 0. The molecule has 0 aromatic rings. The van der Waals surface area contributed by atoms with Crippen LogP contribution in [0.4, 0.5) is 0 Å². The average molecular weight is 169 g/mol. The summed E-state index contributed by atoms with van der Waals surface area (Å²) in [5.74, 6) is 0.792. The van der Waals surface area contributed by atoms with Crippen LogP contribution in [0, 0.1) is 5.92 Å². The normalized spacial score (nSPS) is 16.1. The zero-order chi connectivity index (χ0) is 9.56. The van der Waals surface area contributed by atoms with Crippen LogP contribution in [-0.4, -0.2) is 25.0 Å². The zero-order valence-corrected chi connectivity index (χ0v) is 9.01. The Morgan fingerprint density at radius 3 is 2.33 bits per heavy atom. The molecular formula is C11H23N. The van der Waals surface area contributed by atoms with E-state index < -0.39 is 0 Å². The quantitative estimate of drug-likeness (QED) is 0.553. The Hall–Kier alpha value is -0.300. The second kappa shape index (κ2) is 6.24. The van der Waals surface area contributed by atoms with Gasteiger partial charge in [-0.15, -0.1) is 6.58 Å². The topological polar surface area (TPSA) is 3.24 Å². The van der Waals surface area contributed by atoms with E-state index in [1.807, 2.05) is 6.08 Å². The molecule has 1 nitrogen and oxygen atoms in total. The van der Waals surface area contributed by atoms with Gasteiger partial charge in [-0.1, -0.05) is 26.3 Å². The highest BCUT2D eigenvalue weighted by molar-refractivity contribution is 4.77. The van der Waals surface area contributed by atoms with Gasteiger partial charge in [0, 0.05) is 6.04 Å². The summed E-state index contributed by atoms with van der Waals surface area (Å²) in [4.78, 5) is 2.33. The van der Waals surface area contributed by atoms with Gasteiger partial charge in [-0.25, -0.2) is 0 Å². The van der Waals surface area contributed by atoms with Gasteiger partial charge in [-0.3, -0.25) is 0 Å². The van der Waals surface area contributed by atoms with Crippen LogP contribution < -0.4 is 0 Å². The number of nitrogens with zero attached hydrogens (tertiary/aromatic N) is 1. The lowest BCUT2D eigenvalue weighted by molar-refractivity contribution is 0.205. The van der Waals surface area contributed by atoms with Crippen LogP contribution in [0.25, 0.3) is 0 Å². The van der Waals surface area contributed by atoms with Crippen LogP contribution in [0.5, 0.6) is 0 Å². The Kier molecular flexibility index (Phi) is 6.09. The minimum atomic E-state index is 0.716. The number of allylic oxidation sites excluding steroid dienone is 1. The lowest BCUT2D eigenvalue weighted by Gasteiger charge is -2.29. The Bertz CT molecular complexity index is 118. The van der Waals surface area contributed by atoms with Crippen molar-refractivity contribution in [2.24, 2.45) is 5.92 Å². The minimum Gasteiger partial charge on any atom is -0.306 e. The van der Waals surface area contributed by atoms with Gasteiger partial charge in [0.1, 0.15) is 0 Å². The largest absolute Gasteiger partial charge is 0.306 e. The van der Waals surface area contributed by atoms with Gasteiger partial charge in [-0.05, 0) is 32.9 Å². The van der Waals surface area contributed by atoms with E-state index in [1.165, 1.54) is 12.8 Å². The predicted molar refractivity (Wildman–Crippen MR) is 56.4 cm³/mol. The van der Waals surface area contributed by atoms with Crippen molar-refractivity contribution >= 4 is 0 Å². The third kappa shape index (κ3) is 3.91. The summed E-state index contributed by atoms with van der Waals surface area (Å²) in [6.45, 7) is 8.34. The lowest BCUT2D eigenvalue weighted by Crippen LogP contribution is -2.33. The van der Waals surface area contributed by atoms with Crippen LogP contribution in [0.1, 0.15) is 33.1 Å². The number of hydrogen-bond donors (Lipinski definition) is 0. The van der Waals surface area contributed by atoms with Crippen molar-refractivity contribution in [2.75, 3.05) is 14.1 Å². The van der Waals surface area contributed by atoms with Gasteiger partial charge in [0.2, 0.25) is 0 Å². The first kappa shape index (κ1) is 11.7. The summed E-state index contributed by atoms with van der Waals surface area (Å²) in [6, 6.07) is 0.716. The number of rotatable bonds is 6. The Morgan fingerprint density at radius 1 is 1.42 bits per heavy atom. The van der Waals surface area contributed by atoms with Gasteiger partial charge in [0.15, 0.2) is 0 Å². The molecule has 0 bridgehead atoms. The van der Waals surface area contributed by atoms with Crippen molar-refractivity contribution in [3.63, 3.8) is 0 Å². The van der Waals surface area contributed by atoms with E-state index in [9.17, 15) is 0 Å².